The Labute approximate surface area is 120 Å². The zero-order chi connectivity index (χ0) is 13.4. The first-order valence-corrected chi connectivity index (χ1v) is 8.23. The fourth-order valence-electron chi connectivity index (χ4n) is 3.78. The molecule has 1 unspecified atom stereocenters. The van der Waals surface area contributed by atoms with Crippen molar-refractivity contribution in [1.29, 1.82) is 0 Å². The fraction of sp³-hybridized carbons (Fsp3) is 0.812. The largest absolute Gasteiger partial charge is 0.370 e. The van der Waals surface area contributed by atoms with E-state index < -0.39 is 0 Å². The van der Waals surface area contributed by atoms with Gasteiger partial charge in [-0.1, -0.05) is 12.8 Å². The predicted octanol–water partition coefficient (Wildman–Crippen LogP) is 2.63. The molecule has 2 saturated carbocycles. The highest BCUT2D eigenvalue weighted by atomic mass is 16.5. The third-order valence-corrected chi connectivity index (χ3v) is 5.10. The summed E-state index contributed by atoms with van der Waals surface area (Å²) in [6.07, 6.45) is 15.0. The molecule has 1 aromatic rings. The molecule has 2 heterocycles. The van der Waals surface area contributed by atoms with E-state index in [0.717, 1.165) is 24.8 Å². The Morgan fingerprint density at radius 2 is 2.10 bits per heavy atom. The average Bonchev–Trinajstić information content (AvgIpc) is 2.87. The van der Waals surface area contributed by atoms with Gasteiger partial charge in [-0.05, 0) is 38.5 Å². The summed E-state index contributed by atoms with van der Waals surface area (Å²) in [5, 5.41) is 3.51. The number of hydrogen-bond donors (Lipinski definition) is 1. The highest BCUT2D eigenvalue weighted by Gasteiger charge is 2.42. The molecule has 1 aliphatic heterocycles. The van der Waals surface area contributed by atoms with Crippen molar-refractivity contribution in [3.63, 3.8) is 0 Å². The molecule has 1 spiro atoms. The van der Waals surface area contributed by atoms with Crippen LogP contribution in [-0.4, -0.2) is 27.3 Å². The van der Waals surface area contributed by atoms with E-state index in [1.807, 2.05) is 6.33 Å². The van der Waals surface area contributed by atoms with Crippen LogP contribution in [0.25, 0.3) is 0 Å². The number of nitrogens with zero attached hydrogens (tertiary/aromatic N) is 2. The number of imidazole rings is 1. The molecule has 0 bridgehead atoms. The second kappa shape index (κ2) is 5.15. The van der Waals surface area contributed by atoms with E-state index >= 15 is 0 Å². The van der Waals surface area contributed by atoms with Gasteiger partial charge < -0.3 is 14.6 Å². The van der Waals surface area contributed by atoms with Gasteiger partial charge in [-0.15, -0.1) is 0 Å². The van der Waals surface area contributed by atoms with Crippen molar-refractivity contribution in [2.45, 2.75) is 82.2 Å². The highest BCUT2D eigenvalue weighted by molar-refractivity contribution is 4.99. The molecule has 4 nitrogen and oxygen atoms in total. The normalized spacial score (nSPS) is 28.5. The first kappa shape index (κ1) is 12.8. The molecule has 1 saturated heterocycles. The average molecular weight is 275 g/mol. The smallest absolute Gasteiger partial charge is 0.0950 e. The topological polar surface area (TPSA) is 39.1 Å². The minimum absolute atomic E-state index is 0.252. The Morgan fingerprint density at radius 1 is 1.25 bits per heavy atom. The van der Waals surface area contributed by atoms with E-state index in [1.165, 1.54) is 51.4 Å². The van der Waals surface area contributed by atoms with Crippen LogP contribution in [0.3, 0.4) is 0 Å². The molecule has 110 valence electrons. The van der Waals surface area contributed by atoms with Gasteiger partial charge in [0.2, 0.25) is 0 Å². The standard InChI is InChI=1S/C16H25N3O/c1-2-7-16(6-1)8-5-15(20-16)11-19-10-14(18-12-19)9-17-13-3-4-13/h10,12-13,15,17H,1-9,11H2. The van der Waals surface area contributed by atoms with Crippen LogP contribution >= 0.6 is 0 Å². The van der Waals surface area contributed by atoms with Crippen molar-refractivity contribution in [2.75, 3.05) is 0 Å². The summed E-state index contributed by atoms with van der Waals surface area (Å²) in [6, 6.07) is 0.751. The molecule has 0 amide bonds. The first-order chi connectivity index (χ1) is 9.81. The lowest BCUT2D eigenvalue weighted by molar-refractivity contribution is -0.0418. The minimum Gasteiger partial charge on any atom is -0.370 e. The number of nitrogens with one attached hydrogen (secondary N) is 1. The van der Waals surface area contributed by atoms with Gasteiger partial charge in [0.1, 0.15) is 0 Å². The van der Waals surface area contributed by atoms with Crippen molar-refractivity contribution in [2.24, 2.45) is 0 Å². The van der Waals surface area contributed by atoms with Crippen LogP contribution in [0.1, 0.15) is 57.1 Å². The third kappa shape index (κ3) is 2.77. The van der Waals surface area contributed by atoms with E-state index in [-0.39, 0.29) is 5.60 Å². The molecule has 3 fully saturated rings. The maximum absolute atomic E-state index is 6.37. The Bertz CT molecular complexity index is 460. The summed E-state index contributed by atoms with van der Waals surface area (Å²) in [5.74, 6) is 0. The predicted molar refractivity (Wildman–Crippen MR) is 77.4 cm³/mol. The van der Waals surface area contributed by atoms with Crippen LogP contribution < -0.4 is 5.32 Å². The minimum atomic E-state index is 0.252. The second-order valence-electron chi connectivity index (χ2n) is 6.89. The molecule has 3 aliphatic rings. The molecule has 4 heteroatoms. The van der Waals surface area contributed by atoms with Crippen LogP contribution in [0.2, 0.25) is 0 Å². The van der Waals surface area contributed by atoms with Gasteiger partial charge in [-0.25, -0.2) is 4.98 Å². The molecular weight excluding hydrogens is 250 g/mol. The molecule has 4 rings (SSSR count). The zero-order valence-electron chi connectivity index (χ0n) is 12.2. The van der Waals surface area contributed by atoms with E-state index in [2.05, 4.69) is 21.1 Å². The summed E-state index contributed by atoms with van der Waals surface area (Å²) < 4.78 is 8.58. The van der Waals surface area contributed by atoms with Crippen molar-refractivity contribution >= 4 is 0 Å². The van der Waals surface area contributed by atoms with Crippen LogP contribution in [0, 0.1) is 0 Å². The number of ether oxygens (including phenoxy) is 1. The summed E-state index contributed by atoms with van der Waals surface area (Å²) in [5.41, 5.74) is 1.41. The van der Waals surface area contributed by atoms with E-state index in [4.69, 9.17) is 4.74 Å². The summed E-state index contributed by atoms with van der Waals surface area (Å²) in [4.78, 5) is 4.49. The van der Waals surface area contributed by atoms with Crippen LogP contribution in [0.15, 0.2) is 12.5 Å². The lowest BCUT2D eigenvalue weighted by atomic mass is 9.98. The van der Waals surface area contributed by atoms with Gasteiger partial charge in [-0.3, -0.25) is 0 Å². The second-order valence-corrected chi connectivity index (χ2v) is 6.89. The van der Waals surface area contributed by atoms with Gasteiger partial charge in [0.05, 0.1) is 23.7 Å². The highest BCUT2D eigenvalue weighted by Crippen LogP contribution is 2.43. The van der Waals surface area contributed by atoms with Gasteiger partial charge in [0.25, 0.3) is 0 Å². The lowest BCUT2D eigenvalue weighted by Gasteiger charge is -2.23. The summed E-state index contributed by atoms with van der Waals surface area (Å²) in [6.45, 7) is 1.88. The molecule has 1 N–H and O–H groups in total. The summed E-state index contributed by atoms with van der Waals surface area (Å²) in [7, 11) is 0. The zero-order valence-corrected chi connectivity index (χ0v) is 12.2. The van der Waals surface area contributed by atoms with Crippen molar-refractivity contribution in [3.8, 4) is 0 Å². The molecular formula is C16H25N3O. The fourth-order valence-corrected chi connectivity index (χ4v) is 3.78. The Kier molecular flexibility index (Phi) is 3.31. The van der Waals surface area contributed by atoms with E-state index in [9.17, 15) is 0 Å². The van der Waals surface area contributed by atoms with Crippen molar-refractivity contribution in [1.82, 2.24) is 14.9 Å². The lowest BCUT2D eigenvalue weighted by Crippen LogP contribution is -2.26. The first-order valence-electron chi connectivity index (χ1n) is 8.23. The van der Waals surface area contributed by atoms with Gasteiger partial charge in [0, 0.05) is 25.3 Å². The quantitative estimate of drug-likeness (QED) is 0.898. The molecule has 2 aliphatic carbocycles. The van der Waals surface area contributed by atoms with Gasteiger partial charge >= 0.3 is 0 Å². The maximum Gasteiger partial charge on any atom is 0.0950 e. The number of aromatic nitrogens is 2. The van der Waals surface area contributed by atoms with Crippen LogP contribution in [0.4, 0.5) is 0 Å². The Morgan fingerprint density at radius 3 is 2.90 bits per heavy atom. The monoisotopic (exact) mass is 275 g/mol. The van der Waals surface area contributed by atoms with Crippen LogP contribution in [-0.2, 0) is 17.8 Å². The molecule has 0 aromatic carbocycles. The molecule has 20 heavy (non-hydrogen) atoms. The molecule has 1 atom stereocenters. The van der Waals surface area contributed by atoms with Crippen molar-refractivity contribution in [3.05, 3.63) is 18.2 Å². The third-order valence-electron chi connectivity index (χ3n) is 5.10. The number of hydrogen-bond acceptors (Lipinski definition) is 3. The van der Waals surface area contributed by atoms with E-state index in [1.54, 1.807) is 0 Å². The SMILES string of the molecule is c1nc(CNC2CC2)cn1CC1CCC2(CCCC2)O1. The van der Waals surface area contributed by atoms with Gasteiger partial charge in [-0.2, -0.15) is 0 Å². The summed E-state index contributed by atoms with van der Waals surface area (Å²) >= 11 is 0. The maximum atomic E-state index is 6.37. The number of rotatable bonds is 5. The Balaban J connectivity index is 1.30. The Hall–Kier alpha value is -0.870. The van der Waals surface area contributed by atoms with Gasteiger partial charge in [0.15, 0.2) is 0 Å². The molecule has 0 radical (unpaired) electrons. The van der Waals surface area contributed by atoms with E-state index in [0.29, 0.717) is 6.10 Å². The molecule has 1 aromatic heterocycles. The van der Waals surface area contributed by atoms with Crippen LogP contribution in [0.5, 0.6) is 0 Å². The van der Waals surface area contributed by atoms with Crippen molar-refractivity contribution < 1.29 is 4.74 Å².